The van der Waals surface area contributed by atoms with Gasteiger partial charge in [-0.1, -0.05) is 0 Å². The Kier molecular flexibility index (Phi) is 1.87. The summed E-state index contributed by atoms with van der Waals surface area (Å²) >= 11 is 0. The SMILES string of the molecule is Cn1cc(C(=O)[C@H]2C[C@@H]2C(=O)O)cn1. The number of rotatable bonds is 3. The largest absolute Gasteiger partial charge is 0.481 e. The summed E-state index contributed by atoms with van der Waals surface area (Å²) in [6, 6.07) is 0. The molecule has 5 nitrogen and oxygen atoms in total. The number of carboxylic acids is 1. The van der Waals surface area contributed by atoms with Crippen LogP contribution in [0.1, 0.15) is 16.8 Å². The van der Waals surface area contributed by atoms with Crippen LogP contribution < -0.4 is 0 Å². The zero-order valence-electron chi connectivity index (χ0n) is 7.67. The van der Waals surface area contributed by atoms with Crippen molar-refractivity contribution in [1.29, 1.82) is 0 Å². The minimum absolute atomic E-state index is 0.106. The lowest BCUT2D eigenvalue weighted by atomic mass is 10.1. The molecule has 0 spiro atoms. The van der Waals surface area contributed by atoms with Gasteiger partial charge in [0.1, 0.15) is 0 Å². The number of aromatic nitrogens is 2. The molecule has 0 aliphatic heterocycles. The lowest BCUT2D eigenvalue weighted by molar-refractivity contribution is -0.138. The fourth-order valence-electron chi connectivity index (χ4n) is 1.52. The van der Waals surface area contributed by atoms with E-state index in [2.05, 4.69) is 5.10 Å². The van der Waals surface area contributed by atoms with E-state index < -0.39 is 11.9 Å². The minimum Gasteiger partial charge on any atom is -0.481 e. The standard InChI is InChI=1S/C9H10N2O3/c1-11-4-5(3-10-11)8(12)6-2-7(6)9(13)14/h3-4,6-7H,2H2,1H3,(H,13,14)/t6-,7-/m0/s1. The van der Waals surface area contributed by atoms with Gasteiger partial charge in [-0.05, 0) is 6.42 Å². The molecule has 0 aromatic carbocycles. The van der Waals surface area contributed by atoms with E-state index >= 15 is 0 Å². The lowest BCUT2D eigenvalue weighted by Gasteiger charge is -1.92. The number of carbonyl (C=O) groups excluding carboxylic acids is 1. The van der Waals surface area contributed by atoms with Crippen LogP contribution >= 0.6 is 0 Å². The van der Waals surface area contributed by atoms with Gasteiger partial charge in [-0.15, -0.1) is 0 Å². The van der Waals surface area contributed by atoms with Gasteiger partial charge in [-0.25, -0.2) is 0 Å². The summed E-state index contributed by atoms with van der Waals surface area (Å²) in [7, 11) is 1.72. The summed E-state index contributed by atoms with van der Waals surface area (Å²) in [5, 5.41) is 12.5. The zero-order chi connectivity index (χ0) is 10.3. The summed E-state index contributed by atoms with van der Waals surface area (Å²) in [5.41, 5.74) is 0.501. The van der Waals surface area contributed by atoms with Crippen molar-refractivity contribution in [2.45, 2.75) is 6.42 Å². The topological polar surface area (TPSA) is 72.2 Å². The highest BCUT2D eigenvalue weighted by atomic mass is 16.4. The van der Waals surface area contributed by atoms with E-state index in [1.54, 1.807) is 13.2 Å². The molecular formula is C9H10N2O3. The Labute approximate surface area is 80.3 Å². The molecule has 1 aliphatic rings. The smallest absolute Gasteiger partial charge is 0.307 e. The van der Waals surface area contributed by atoms with Crippen molar-refractivity contribution in [2.24, 2.45) is 18.9 Å². The molecule has 1 heterocycles. The summed E-state index contributed by atoms with van der Waals surface area (Å²) in [5.74, 6) is -1.81. The molecule has 0 saturated heterocycles. The molecule has 0 amide bonds. The molecule has 5 heteroatoms. The van der Waals surface area contributed by atoms with E-state index in [4.69, 9.17) is 5.11 Å². The highest BCUT2D eigenvalue weighted by Crippen LogP contribution is 2.40. The number of ketones is 1. The fraction of sp³-hybridized carbons (Fsp3) is 0.444. The summed E-state index contributed by atoms with van der Waals surface area (Å²) in [6.45, 7) is 0. The van der Waals surface area contributed by atoms with Gasteiger partial charge in [0.2, 0.25) is 0 Å². The van der Waals surface area contributed by atoms with Crippen LogP contribution in [0.3, 0.4) is 0 Å². The molecular weight excluding hydrogens is 184 g/mol. The van der Waals surface area contributed by atoms with Crippen molar-refractivity contribution in [3.8, 4) is 0 Å². The van der Waals surface area contributed by atoms with Crippen LogP contribution in [-0.2, 0) is 11.8 Å². The second kappa shape index (κ2) is 2.94. The maximum absolute atomic E-state index is 11.6. The summed E-state index contributed by atoms with van der Waals surface area (Å²) < 4.78 is 1.53. The molecule has 1 N–H and O–H groups in total. The minimum atomic E-state index is -0.882. The second-order valence-corrected chi connectivity index (χ2v) is 3.55. The number of aryl methyl sites for hydroxylation is 1. The van der Waals surface area contributed by atoms with Crippen molar-refractivity contribution in [3.63, 3.8) is 0 Å². The van der Waals surface area contributed by atoms with E-state index in [1.807, 2.05) is 0 Å². The molecule has 0 radical (unpaired) electrons. The van der Waals surface area contributed by atoms with Gasteiger partial charge in [-0.2, -0.15) is 5.10 Å². The van der Waals surface area contributed by atoms with Crippen LogP contribution in [0.25, 0.3) is 0 Å². The zero-order valence-corrected chi connectivity index (χ0v) is 7.67. The quantitative estimate of drug-likeness (QED) is 0.703. The molecule has 14 heavy (non-hydrogen) atoms. The number of Topliss-reactive ketones (excluding diaryl/α,β-unsaturated/α-hetero) is 1. The van der Waals surface area contributed by atoms with Gasteiger partial charge < -0.3 is 5.11 Å². The molecule has 0 unspecified atom stereocenters. The Morgan fingerprint density at radius 3 is 2.71 bits per heavy atom. The number of hydrogen-bond donors (Lipinski definition) is 1. The van der Waals surface area contributed by atoms with Gasteiger partial charge in [0.15, 0.2) is 5.78 Å². The maximum atomic E-state index is 11.6. The number of nitrogens with zero attached hydrogens (tertiary/aromatic N) is 2. The van der Waals surface area contributed by atoms with Crippen LogP contribution in [0.2, 0.25) is 0 Å². The molecule has 1 aromatic rings. The van der Waals surface area contributed by atoms with Crippen molar-refractivity contribution < 1.29 is 14.7 Å². The molecule has 2 atom stereocenters. The third-order valence-electron chi connectivity index (χ3n) is 2.43. The van der Waals surface area contributed by atoms with Gasteiger partial charge in [0, 0.05) is 19.2 Å². The first-order valence-corrected chi connectivity index (χ1v) is 4.35. The Morgan fingerprint density at radius 1 is 1.57 bits per heavy atom. The van der Waals surface area contributed by atoms with Crippen LogP contribution in [0, 0.1) is 11.8 Å². The number of aliphatic carboxylic acids is 1. The Hall–Kier alpha value is -1.65. The second-order valence-electron chi connectivity index (χ2n) is 3.55. The monoisotopic (exact) mass is 194 g/mol. The van der Waals surface area contributed by atoms with Crippen LogP contribution in [0.5, 0.6) is 0 Å². The van der Waals surface area contributed by atoms with Gasteiger partial charge in [0.05, 0.1) is 17.7 Å². The Balaban J connectivity index is 2.08. The number of hydrogen-bond acceptors (Lipinski definition) is 3. The predicted octanol–water partition coefficient (Wildman–Crippen LogP) is 0.323. The molecule has 2 rings (SSSR count). The van der Waals surface area contributed by atoms with Crippen molar-refractivity contribution in [3.05, 3.63) is 18.0 Å². The number of carbonyl (C=O) groups is 2. The molecule has 1 aliphatic carbocycles. The van der Waals surface area contributed by atoms with E-state index in [0.29, 0.717) is 12.0 Å². The molecule has 1 aromatic heterocycles. The highest BCUT2D eigenvalue weighted by molar-refractivity contribution is 6.02. The van der Waals surface area contributed by atoms with Crippen LogP contribution in [-0.4, -0.2) is 26.6 Å². The average Bonchev–Trinajstić information content (AvgIpc) is 2.82. The predicted molar refractivity (Wildman–Crippen MR) is 46.8 cm³/mol. The first-order valence-electron chi connectivity index (χ1n) is 4.35. The molecule has 1 saturated carbocycles. The normalized spacial score (nSPS) is 24.6. The first-order chi connectivity index (χ1) is 6.59. The van der Waals surface area contributed by atoms with E-state index in [1.165, 1.54) is 10.9 Å². The third-order valence-corrected chi connectivity index (χ3v) is 2.43. The van der Waals surface area contributed by atoms with Crippen molar-refractivity contribution in [1.82, 2.24) is 9.78 Å². The Bertz CT molecular complexity index is 397. The summed E-state index contributed by atoms with van der Waals surface area (Å²) in [6.07, 6.45) is 3.54. The summed E-state index contributed by atoms with van der Waals surface area (Å²) in [4.78, 5) is 22.2. The fourth-order valence-corrected chi connectivity index (χ4v) is 1.52. The number of carboxylic acid groups (broad SMARTS) is 1. The van der Waals surface area contributed by atoms with Crippen molar-refractivity contribution in [2.75, 3.05) is 0 Å². The van der Waals surface area contributed by atoms with Crippen molar-refractivity contribution >= 4 is 11.8 Å². The van der Waals surface area contributed by atoms with Gasteiger partial charge in [0.25, 0.3) is 0 Å². The van der Waals surface area contributed by atoms with E-state index in [-0.39, 0.29) is 11.7 Å². The Morgan fingerprint density at radius 2 is 2.29 bits per heavy atom. The van der Waals surface area contributed by atoms with E-state index in [9.17, 15) is 9.59 Å². The molecule has 0 bridgehead atoms. The van der Waals surface area contributed by atoms with Gasteiger partial charge >= 0.3 is 5.97 Å². The average molecular weight is 194 g/mol. The maximum Gasteiger partial charge on any atom is 0.307 e. The van der Waals surface area contributed by atoms with Gasteiger partial charge in [-0.3, -0.25) is 14.3 Å². The van der Waals surface area contributed by atoms with E-state index in [0.717, 1.165) is 0 Å². The van der Waals surface area contributed by atoms with Crippen LogP contribution in [0.15, 0.2) is 12.4 Å². The third kappa shape index (κ3) is 1.41. The molecule has 1 fully saturated rings. The molecule has 74 valence electrons. The first kappa shape index (κ1) is 8.93. The lowest BCUT2D eigenvalue weighted by Crippen LogP contribution is -2.07. The van der Waals surface area contributed by atoms with Crippen LogP contribution in [0.4, 0.5) is 0 Å². The highest BCUT2D eigenvalue weighted by Gasteiger charge is 2.48.